The number of ketones is 1. The maximum atomic E-state index is 11.7. The lowest BCUT2D eigenvalue weighted by Gasteiger charge is -2.03. The summed E-state index contributed by atoms with van der Waals surface area (Å²) < 4.78 is 0. The summed E-state index contributed by atoms with van der Waals surface area (Å²) in [5.74, 6) is 0.649. The molecule has 0 aliphatic carbocycles. The molecule has 0 spiro atoms. The van der Waals surface area contributed by atoms with E-state index in [-0.39, 0.29) is 5.78 Å². The van der Waals surface area contributed by atoms with Crippen molar-refractivity contribution in [2.75, 3.05) is 0 Å². The first kappa shape index (κ1) is 10.0. The fourth-order valence-corrected chi connectivity index (χ4v) is 1.36. The van der Waals surface area contributed by atoms with Gasteiger partial charge in [0.25, 0.3) is 0 Å². The van der Waals surface area contributed by atoms with Crippen LogP contribution in [0.15, 0.2) is 6.20 Å². The molecule has 0 atom stereocenters. The number of hydrogen-bond acceptors (Lipinski definition) is 1. The van der Waals surface area contributed by atoms with Gasteiger partial charge in [0.2, 0.25) is 0 Å². The van der Waals surface area contributed by atoms with Crippen molar-refractivity contribution >= 4 is 5.78 Å². The first-order valence-electron chi connectivity index (χ1n) is 4.70. The van der Waals surface area contributed by atoms with Crippen LogP contribution >= 0.6 is 0 Å². The number of aromatic amines is 1. The zero-order valence-corrected chi connectivity index (χ0v) is 8.77. The van der Waals surface area contributed by atoms with Gasteiger partial charge in [0.1, 0.15) is 0 Å². The Morgan fingerprint density at radius 3 is 2.46 bits per heavy atom. The predicted molar refractivity (Wildman–Crippen MR) is 54.1 cm³/mol. The number of aryl methyl sites for hydroxylation is 1. The lowest BCUT2D eigenvalue weighted by Crippen LogP contribution is -2.05. The monoisotopic (exact) mass is 179 g/mol. The molecule has 72 valence electrons. The molecule has 13 heavy (non-hydrogen) atoms. The van der Waals surface area contributed by atoms with Crippen LogP contribution in [-0.4, -0.2) is 10.8 Å². The molecule has 1 rings (SSSR count). The second-order valence-electron chi connectivity index (χ2n) is 3.99. The van der Waals surface area contributed by atoms with E-state index in [4.69, 9.17) is 0 Å². The number of hydrogen-bond donors (Lipinski definition) is 1. The van der Waals surface area contributed by atoms with Crippen molar-refractivity contribution < 1.29 is 4.79 Å². The molecule has 0 saturated heterocycles. The number of aromatic nitrogens is 1. The normalized spacial score (nSPS) is 10.8. The molecule has 0 aliphatic rings. The summed E-state index contributed by atoms with van der Waals surface area (Å²) in [4.78, 5) is 14.7. The third-order valence-corrected chi connectivity index (χ3v) is 2.27. The molecule has 0 aliphatic heterocycles. The van der Waals surface area contributed by atoms with Crippen LogP contribution in [-0.2, 0) is 0 Å². The second kappa shape index (κ2) is 3.77. The van der Waals surface area contributed by atoms with Gasteiger partial charge in [-0.1, -0.05) is 13.8 Å². The Labute approximate surface area is 79.4 Å². The number of H-pyrrole nitrogens is 1. The van der Waals surface area contributed by atoms with Crippen molar-refractivity contribution in [3.05, 3.63) is 23.0 Å². The van der Waals surface area contributed by atoms with E-state index in [1.54, 1.807) is 0 Å². The number of rotatable bonds is 3. The van der Waals surface area contributed by atoms with Crippen molar-refractivity contribution in [2.45, 2.75) is 34.1 Å². The average molecular weight is 179 g/mol. The fourth-order valence-electron chi connectivity index (χ4n) is 1.36. The number of Topliss-reactive ketones (excluding diaryl/α,β-unsaturated/α-hetero) is 1. The quantitative estimate of drug-likeness (QED) is 0.711. The van der Waals surface area contributed by atoms with E-state index in [0.717, 1.165) is 16.8 Å². The van der Waals surface area contributed by atoms with Crippen molar-refractivity contribution in [1.29, 1.82) is 0 Å². The molecule has 0 saturated carbocycles. The largest absolute Gasteiger partial charge is 0.358 e. The van der Waals surface area contributed by atoms with Crippen LogP contribution in [0.4, 0.5) is 0 Å². The summed E-state index contributed by atoms with van der Waals surface area (Å²) in [7, 11) is 0. The minimum atomic E-state index is 0.223. The predicted octanol–water partition coefficient (Wildman–Crippen LogP) is 2.86. The molecule has 0 radical (unpaired) electrons. The Bertz CT molecular complexity index is 310. The van der Waals surface area contributed by atoms with Gasteiger partial charge in [0, 0.05) is 12.6 Å². The minimum absolute atomic E-state index is 0.223. The van der Waals surface area contributed by atoms with Gasteiger partial charge in [-0.15, -0.1) is 0 Å². The topological polar surface area (TPSA) is 32.9 Å². The Kier molecular flexibility index (Phi) is 2.91. The molecule has 0 unspecified atom stereocenters. The first-order chi connectivity index (χ1) is 6.02. The molecule has 1 aromatic rings. The maximum Gasteiger partial charge on any atom is 0.179 e. The van der Waals surface area contributed by atoms with E-state index >= 15 is 0 Å². The smallest absolute Gasteiger partial charge is 0.179 e. The van der Waals surface area contributed by atoms with Crippen LogP contribution in [0.1, 0.15) is 41.9 Å². The van der Waals surface area contributed by atoms with Gasteiger partial charge in [0.15, 0.2) is 5.78 Å². The summed E-state index contributed by atoms with van der Waals surface area (Å²) in [5.41, 5.74) is 3.03. The molecule has 0 aromatic carbocycles. The highest BCUT2D eigenvalue weighted by molar-refractivity contribution is 5.96. The molecule has 1 heterocycles. The summed E-state index contributed by atoms with van der Waals surface area (Å²) in [6.45, 7) is 8.11. The number of carbonyl (C=O) groups excluding carboxylic acids is 1. The molecule has 1 aromatic heterocycles. The molecule has 0 fully saturated rings. The number of nitrogens with one attached hydrogen (secondary N) is 1. The zero-order valence-electron chi connectivity index (χ0n) is 8.77. The lowest BCUT2D eigenvalue weighted by molar-refractivity contribution is 0.0963. The summed E-state index contributed by atoms with van der Waals surface area (Å²) in [5, 5.41) is 0. The third-order valence-electron chi connectivity index (χ3n) is 2.27. The summed E-state index contributed by atoms with van der Waals surface area (Å²) in [6.07, 6.45) is 2.52. The van der Waals surface area contributed by atoms with Crippen molar-refractivity contribution in [1.82, 2.24) is 4.98 Å². The SMILES string of the molecule is Cc1c[nH]c(C(=O)CC(C)C)c1C. The van der Waals surface area contributed by atoms with Crippen molar-refractivity contribution in [3.8, 4) is 0 Å². The molecular formula is C11H17NO. The zero-order chi connectivity index (χ0) is 10.0. The van der Waals surface area contributed by atoms with Gasteiger partial charge < -0.3 is 4.98 Å². The molecule has 2 nitrogen and oxygen atoms in total. The van der Waals surface area contributed by atoms with Crippen molar-refractivity contribution in [3.63, 3.8) is 0 Å². The van der Waals surface area contributed by atoms with Crippen LogP contribution in [0.3, 0.4) is 0 Å². The highest BCUT2D eigenvalue weighted by atomic mass is 16.1. The molecule has 0 amide bonds. The van der Waals surface area contributed by atoms with Gasteiger partial charge in [-0.25, -0.2) is 0 Å². The van der Waals surface area contributed by atoms with Gasteiger partial charge in [0.05, 0.1) is 5.69 Å². The highest BCUT2D eigenvalue weighted by Crippen LogP contribution is 2.15. The highest BCUT2D eigenvalue weighted by Gasteiger charge is 2.13. The average Bonchev–Trinajstić information content (AvgIpc) is 2.31. The van der Waals surface area contributed by atoms with Crippen LogP contribution in [0, 0.1) is 19.8 Å². The van der Waals surface area contributed by atoms with Crippen LogP contribution in [0.5, 0.6) is 0 Å². The molecule has 2 heteroatoms. The number of carbonyl (C=O) groups is 1. The van der Waals surface area contributed by atoms with E-state index in [1.807, 2.05) is 20.0 Å². The molecule has 0 bridgehead atoms. The van der Waals surface area contributed by atoms with Crippen LogP contribution in [0.25, 0.3) is 0 Å². The Morgan fingerprint density at radius 2 is 2.08 bits per heavy atom. The van der Waals surface area contributed by atoms with Crippen molar-refractivity contribution in [2.24, 2.45) is 5.92 Å². The maximum absolute atomic E-state index is 11.7. The van der Waals surface area contributed by atoms with Crippen LogP contribution in [0.2, 0.25) is 0 Å². The van der Waals surface area contributed by atoms with E-state index in [1.165, 1.54) is 0 Å². The van der Waals surface area contributed by atoms with E-state index in [0.29, 0.717) is 12.3 Å². The lowest BCUT2D eigenvalue weighted by atomic mass is 10.0. The van der Waals surface area contributed by atoms with Gasteiger partial charge in [-0.05, 0) is 30.9 Å². The summed E-state index contributed by atoms with van der Waals surface area (Å²) in [6, 6.07) is 0. The third kappa shape index (κ3) is 2.20. The Balaban J connectivity index is 2.83. The Morgan fingerprint density at radius 1 is 1.46 bits per heavy atom. The summed E-state index contributed by atoms with van der Waals surface area (Å²) >= 11 is 0. The van der Waals surface area contributed by atoms with E-state index in [9.17, 15) is 4.79 Å². The standard InChI is InChI=1S/C11H17NO/c1-7(2)5-10(13)11-9(4)8(3)6-12-11/h6-7,12H,5H2,1-4H3. The van der Waals surface area contributed by atoms with E-state index < -0.39 is 0 Å². The van der Waals surface area contributed by atoms with Gasteiger partial charge in [-0.3, -0.25) is 4.79 Å². The van der Waals surface area contributed by atoms with E-state index in [2.05, 4.69) is 18.8 Å². The van der Waals surface area contributed by atoms with Gasteiger partial charge in [-0.2, -0.15) is 0 Å². The van der Waals surface area contributed by atoms with Gasteiger partial charge >= 0.3 is 0 Å². The molecule has 1 N–H and O–H groups in total. The fraction of sp³-hybridized carbons (Fsp3) is 0.545. The minimum Gasteiger partial charge on any atom is -0.358 e. The Hall–Kier alpha value is -1.05. The van der Waals surface area contributed by atoms with Crippen LogP contribution < -0.4 is 0 Å². The first-order valence-corrected chi connectivity index (χ1v) is 4.70. The second-order valence-corrected chi connectivity index (χ2v) is 3.99. The molecular weight excluding hydrogens is 162 g/mol.